The lowest BCUT2D eigenvalue weighted by Crippen LogP contribution is -2.30. The lowest BCUT2D eigenvalue weighted by molar-refractivity contribution is 0.538. The van der Waals surface area contributed by atoms with Gasteiger partial charge >= 0.3 is 0 Å². The fourth-order valence-electron chi connectivity index (χ4n) is 1.62. The summed E-state index contributed by atoms with van der Waals surface area (Å²) in [4.78, 5) is 8.15. The molecule has 0 saturated heterocycles. The Morgan fingerprint density at radius 2 is 2.00 bits per heavy atom. The molecule has 2 aromatic rings. The number of benzene rings is 1. The number of aromatic nitrogens is 2. The predicted octanol–water partition coefficient (Wildman–Crippen LogP) is 1.62. The molecule has 0 aliphatic carbocycles. The van der Waals surface area contributed by atoms with Gasteiger partial charge < -0.3 is 0 Å². The van der Waals surface area contributed by atoms with Crippen LogP contribution >= 0.6 is 0 Å². The minimum Gasteiger partial charge on any atom is -0.271 e. The molecule has 0 bridgehead atoms. The van der Waals surface area contributed by atoms with E-state index >= 15 is 0 Å². The maximum absolute atomic E-state index is 13.7. The van der Waals surface area contributed by atoms with Crippen LogP contribution in [0.15, 0.2) is 30.6 Å². The standard InChI is InChI=1S/C12H12F2N4/c1-7-5-17-11(6-16-7)12(18-15)9-4-8(13)2-3-10(9)14/h2-6,12,18H,15H2,1H3. The molecular weight excluding hydrogens is 238 g/mol. The molecule has 1 aromatic carbocycles. The number of rotatable bonds is 3. The van der Waals surface area contributed by atoms with Crippen LogP contribution in [0.3, 0.4) is 0 Å². The molecule has 4 nitrogen and oxygen atoms in total. The number of aryl methyl sites for hydroxylation is 1. The number of nitrogens with one attached hydrogen (secondary N) is 1. The molecule has 6 heteroatoms. The number of hydrogen-bond donors (Lipinski definition) is 2. The van der Waals surface area contributed by atoms with Crippen molar-refractivity contribution in [2.45, 2.75) is 13.0 Å². The summed E-state index contributed by atoms with van der Waals surface area (Å²) < 4.78 is 26.8. The van der Waals surface area contributed by atoms with Gasteiger partial charge in [0.25, 0.3) is 0 Å². The summed E-state index contributed by atoms with van der Waals surface area (Å²) in [7, 11) is 0. The summed E-state index contributed by atoms with van der Waals surface area (Å²) in [6.07, 6.45) is 3.01. The Bertz CT molecular complexity index is 542. The zero-order valence-corrected chi connectivity index (χ0v) is 9.69. The maximum Gasteiger partial charge on any atom is 0.128 e. The van der Waals surface area contributed by atoms with E-state index in [1.165, 1.54) is 12.4 Å². The molecule has 0 spiro atoms. The van der Waals surface area contributed by atoms with Gasteiger partial charge in [0.15, 0.2) is 0 Å². The van der Waals surface area contributed by atoms with E-state index in [-0.39, 0.29) is 5.56 Å². The van der Waals surface area contributed by atoms with Crippen LogP contribution in [0, 0.1) is 18.6 Å². The van der Waals surface area contributed by atoms with E-state index in [9.17, 15) is 8.78 Å². The summed E-state index contributed by atoms with van der Waals surface area (Å²) in [5.74, 6) is 4.30. The molecule has 2 rings (SSSR count). The molecule has 0 radical (unpaired) electrons. The van der Waals surface area contributed by atoms with Gasteiger partial charge in [-0.3, -0.25) is 15.8 Å². The minimum atomic E-state index is -0.742. The number of nitrogens with zero attached hydrogens (tertiary/aromatic N) is 2. The highest BCUT2D eigenvalue weighted by molar-refractivity contribution is 5.28. The fraction of sp³-hybridized carbons (Fsp3) is 0.167. The lowest BCUT2D eigenvalue weighted by atomic mass is 10.0. The van der Waals surface area contributed by atoms with Crippen molar-refractivity contribution >= 4 is 0 Å². The molecule has 94 valence electrons. The van der Waals surface area contributed by atoms with E-state index in [0.717, 1.165) is 23.9 Å². The van der Waals surface area contributed by atoms with Crippen molar-refractivity contribution in [3.8, 4) is 0 Å². The van der Waals surface area contributed by atoms with Crippen molar-refractivity contribution in [1.82, 2.24) is 15.4 Å². The smallest absolute Gasteiger partial charge is 0.128 e. The third kappa shape index (κ3) is 2.49. The molecule has 1 heterocycles. The third-order valence-corrected chi connectivity index (χ3v) is 2.53. The molecular formula is C12H12F2N4. The van der Waals surface area contributed by atoms with Gasteiger partial charge in [-0.25, -0.2) is 14.2 Å². The Hall–Kier alpha value is -1.92. The average Bonchev–Trinajstić information content (AvgIpc) is 2.37. The molecule has 3 N–H and O–H groups in total. The van der Waals surface area contributed by atoms with Crippen LogP contribution in [-0.2, 0) is 0 Å². The van der Waals surface area contributed by atoms with E-state index < -0.39 is 17.7 Å². The highest BCUT2D eigenvalue weighted by Gasteiger charge is 2.18. The maximum atomic E-state index is 13.7. The zero-order valence-electron chi connectivity index (χ0n) is 9.69. The van der Waals surface area contributed by atoms with Crippen LogP contribution in [0.1, 0.15) is 23.0 Å². The largest absolute Gasteiger partial charge is 0.271 e. The molecule has 1 aromatic heterocycles. The summed E-state index contributed by atoms with van der Waals surface area (Å²) in [6, 6.07) is 2.44. The monoisotopic (exact) mass is 250 g/mol. The zero-order chi connectivity index (χ0) is 13.1. The first-order chi connectivity index (χ1) is 8.61. The average molecular weight is 250 g/mol. The molecule has 0 fully saturated rings. The number of hydrogen-bond acceptors (Lipinski definition) is 4. The molecule has 0 aliphatic rings. The van der Waals surface area contributed by atoms with Gasteiger partial charge in [0, 0.05) is 11.8 Å². The van der Waals surface area contributed by atoms with Crippen LogP contribution < -0.4 is 11.3 Å². The predicted molar refractivity (Wildman–Crippen MR) is 62.3 cm³/mol. The van der Waals surface area contributed by atoms with Crippen molar-refractivity contribution in [2.75, 3.05) is 0 Å². The van der Waals surface area contributed by atoms with Gasteiger partial charge in [-0.05, 0) is 25.1 Å². The van der Waals surface area contributed by atoms with E-state index in [2.05, 4.69) is 15.4 Å². The van der Waals surface area contributed by atoms with Crippen molar-refractivity contribution in [1.29, 1.82) is 0 Å². The number of hydrazine groups is 1. The van der Waals surface area contributed by atoms with Gasteiger partial charge in [-0.15, -0.1) is 0 Å². The fourth-order valence-corrected chi connectivity index (χ4v) is 1.62. The Morgan fingerprint density at radius 1 is 1.22 bits per heavy atom. The van der Waals surface area contributed by atoms with Gasteiger partial charge in [-0.1, -0.05) is 0 Å². The van der Waals surface area contributed by atoms with Crippen molar-refractivity contribution in [2.24, 2.45) is 5.84 Å². The second-order valence-electron chi connectivity index (χ2n) is 3.85. The van der Waals surface area contributed by atoms with E-state index in [1.807, 2.05) is 0 Å². The molecule has 1 unspecified atom stereocenters. The van der Waals surface area contributed by atoms with Crippen molar-refractivity contribution < 1.29 is 8.78 Å². The second-order valence-corrected chi connectivity index (χ2v) is 3.85. The van der Waals surface area contributed by atoms with E-state index in [0.29, 0.717) is 5.69 Å². The SMILES string of the molecule is Cc1cnc(C(NN)c2cc(F)ccc2F)cn1. The lowest BCUT2D eigenvalue weighted by Gasteiger charge is -2.16. The van der Waals surface area contributed by atoms with Crippen LogP contribution in [-0.4, -0.2) is 9.97 Å². The Balaban J connectivity index is 2.44. The number of halogens is 2. The van der Waals surface area contributed by atoms with Crippen molar-refractivity contribution in [3.05, 3.63) is 59.2 Å². The first-order valence-electron chi connectivity index (χ1n) is 5.31. The van der Waals surface area contributed by atoms with Crippen LogP contribution in [0.5, 0.6) is 0 Å². The summed E-state index contributed by atoms with van der Waals surface area (Å²) in [6.45, 7) is 1.78. The van der Waals surface area contributed by atoms with Gasteiger partial charge in [0.1, 0.15) is 11.6 Å². The molecule has 0 amide bonds. The quantitative estimate of drug-likeness (QED) is 0.641. The summed E-state index contributed by atoms with van der Waals surface area (Å²) >= 11 is 0. The summed E-state index contributed by atoms with van der Waals surface area (Å²) in [5.41, 5.74) is 3.66. The third-order valence-electron chi connectivity index (χ3n) is 2.53. The van der Waals surface area contributed by atoms with Crippen LogP contribution in [0.4, 0.5) is 8.78 Å². The first-order valence-corrected chi connectivity index (χ1v) is 5.31. The minimum absolute atomic E-state index is 0.0932. The normalized spacial score (nSPS) is 12.4. The van der Waals surface area contributed by atoms with E-state index in [1.54, 1.807) is 6.92 Å². The van der Waals surface area contributed by atoms with Gasteiger partial charge in [0.05, 0.1) is 23.6 Å². The summed E-state index contributed by atoms with van der Waals surface area (Å²) in [5, 5.41) is 0. The molecule has 0 aliphatic heterocycles. The topological polar surface area (TPSA) is 63.8 Å². The highest BCUT2D eigenvalue weighted by Crippen LogP contribution is 2.22. The molecule has 18 heavy (non-hydrogen) atoms. The van der Waals surface area contributed by atoms with Gasteiger partial charge in [-0.2, -0.15) is 0 Å². The molecule has 1 atom stereocenters. The Morgan fingerprint density at radius 3 is 2.61 bits per heavy atom. The van der Waals surface area contributed by atoms with Crippen LogP contribution in [0.25, 0.3) is 0 Å². The van der Waals surface area contributed by atoms with Gasteiger partial charge in [0.2, 0.25) is 0 Å². The highest BCUT2D eigenvalue weighted by atomic mass is 19.1. The molecule has 0 saturated carbocycles. The van der Waals surface area contributed by atoms with Crippen LogP contribution in [0.2, 0.25) is 0 Å². The van der Waals surface area contributed by atoms with Crippen molar-refractivity contribution in [3.63, 3.8) is 0 Å². The first kappa shape index (κ1) is 12.5. The Kier molecular flexibility index (Phi) is 3.59. The Labute approximate surface area is 103 Å². The second kappa shape index (κ2) is 5.16. The van der Waals surface area contributed by atoms with E-state index in [4.69, 9.17) is 5.84 Å². The number of nitrogens with two attached hydrogens (primary N) is 1.